The van der Waals surface area contributed by atoms with Gasteiger partial charge in [0.2, 0.25) is 0 Å². The maximum atomic E-state index is 10.5. The minimum absolute atomic E-state index is 0. The second-order valence-corrected chi connectivity index (χ2v) is 2.34. The molecule has 2 aromatic rings. The zero-order chi connectivity index (χ0) is 7.68. The molecule has 0 bridgehead atoms. The fraction of sp³-hybridized carbons (Fsp3) is 0. The predicted molar refractivity (Wildman–Crippen MR) is 43.8 cm³/mol. The summed E-state index contributed by atoms with van der Waals surface area (Å²) in [6.45, 7) is 0. The predicted octanol–water partition coefficient (Wildman–Crippen LogP) is -1.27. The molecule has 0 saturated heterocycles. The largest absolute Gasteiger partial charge is 1.00 e. The molecule has 0 unspecified atom stereocenters. The molecule has 0 aliphatic carbocycles. The Morgan fingerprint density at radius 2 is 2.17 bits per heavy atom. The van der Waals surface area contributed by atoms with Crippen molar-refractivity contribution in [3.8, 4) is 0 Å². The first kappa shape index (κ1) is 10.1. The van der Waals surface area contributed by atoms with Crippen molar-refractivity contribution in [1.82, 2.24) is 4.98 Å². The Balaban J connectivity index is 0.000000720. The van der Waals surface area contributed by atoms with Crippen LogP contribution in [0.25, 0.3) is 10.9 Å². The van der Waals surface area contributed by atoms with E-state index in [0.29, 0.717) is 5.56 Å². The first-order chi connectivity index (χ1) is 5.42. The Hall–Kier alpha value is 0.0664. The van der Waals surface area contributed by atoms with Gasteiger partial charge in [0.05, 0.1) is 0 Å². The molecule has 2 rings (SSSR count). The van der Waals surface area contributed by atoms with Crippen molar-refractivity contribution in [1.29, 1.82) is 0 Å². The van der Waals surface area contributed by atoms with Gasteiger partial charge in [0.25, 0.3) is 0 Å². The third-order valence-electron chi connectivity index (χ3n) is 1.70. The quantitative estimate of drug-likeness (QED) is 0.409. The molecule has 0 fully saturated rings. The molecule has 0 aliphatic rings. The van der Waals surface area contributed by atoms with Crippen LogP contribution in [0.5, 0.6) is 0 Å². The smallest absolute Gasteiger partial charge is 1.00 e. The summed E-state index contributed by atoms with van der Waals surface area (Å²) in [5, 5.41) is 0.933. The molecule has 0 spiro atoms. The van der Waals surface area contributed by atoms with Gasteiger partial charge in [-0.05, 0) is 5.39 Å². The molecule has 0 amide bonds. The molecule has 0 saturated carbocycles. The molecule has 56 valence electrons. The molecule has 0 atom stereocenters. The number of nitrogens with zero attached hydrogens (tertiary/aromatic N) is 1. The third-order valence-corrected chi connectivity index (χ3v) is 1.70. The second-order valence-electron chi connectivity index (χ2n) is 2.34. The number of hydrogen-bond acceptors (Lipinski definition) is 1. The summed E-state index contributed by atoms with van der Waals surface area (Å²) in [6, 6.07) is 7.36. The van der Waals surface area contributed by atoms with Crippen LogP contribution in [0.4, 0.5) is 0 Å². The number of aldehydes is 1. The van der Waals surface area contributed by atoms with Crippen molar-refractivity contribution in [3.63, 3.8) is 0 Å². The van der Waals surface area contributed by atoms with E-state index in [2.05, 4.69) is 4.98 Å². The van der Waals surface area contributed by atoms with Crippen LogP contribution in [-0.4, -0.2) is 6.29 Å². The van der Waals surface area contributed by atoms with Gasteiger partial charge < -0.3 is 6.41 Å². The van der Waals surface area contributed by atoms with Crippen LogP contribution in [-0.2, 0) is 0 Å². The van der Waals surface area contributed by atoms with Crippen LogP contribution < -0.4 is 56.4 Å². The summed E-state index contributed by atoms with van der Waals surface area (Å²) in [6.07, 6.45) is 2.56. The average molecular weight is 185 g/mol. The van der Waals surface area contributed by atoms with Crippen molar-refractivity contribution >= 4 is 17.2 Å². The standard InChI is InChI=1S/C9H7NO.K.H/c11-6-7-2-1-3-9-8(7)4-5-10-9;;/h1-6H,(H,10,11);;/q;+1;-1/p-1/i;;1+1. The van der Waals surface area contributed by atoms with Crippen LogP contribution >= 0.6 is 0 Å². The van der Waals surface area contributed by atoms with Gasteiger partial charge in [-0.3, -0.25) is 4.79 Å². The van der Waals surface area contributed by atoms with Crippen LogP contribution in [0.2, 0.25) is 0 Å². The minimum Gasteiger partial charge on any atom is -1.00 e. The van der Waals surface area contributed by atoms with Crippen molar-refractivity contribution in [2.24, 2.45) is 0 Å². The van der Waals surface area contributed by atoms with Gasteiger partial charge in [0.1, 0.15) is 0 Å². The number of benzene rings is 1. The molecule has 0 radical (unpaired) electrons. The number of fused-ring (bicyclic) bond motifs is 1. The van der Waals surface area contributed by atoms with Crippen LogP contribution in [0.15, 0.2) is 30.5 Å². The molecule has 3 heteroatoms. The SMILES string of the molecule is O=Cc1cccc2[n-]ccc12.[2H-].[K+]. The summed E-state index contributed by atoms with van der Waals surface area (Å²) in [5.41, 5.74) is 1.59. The van der Waals surface area contributed by atoms with Crippen molar-refractivity contribution in [2.75, 3.05) is 0 Å². The first-order valence-corrected chi connectivity index (χ1v) is 3.37. The van der Waals surface area contributed by atoms with Gasteiger partial charge in [-0.15, -0.1) is 5.52 Å². The Kier molecular flexibility index (Phi) is 3.67. The molecular weight excluding hydrogens is 177 g/mol. The van der Waals surface area contributed by atoms with E-state index in [1.807, 2.05) is 18.2 Å². The van der Waals surface area contributed by atoms with Crippen LogP contribution in [0.3, 0.4) is 0 Å². The summed E-state index contributed by atoms with van der Waals surface area (Å²) in [4.78, 5) is 14.6. The van der Waals surface area contributed by atoms with Gasteiger partial charge in [0, 0.05) is 5.56 Å². The van der Waals surface area contributed by atoms with Gasteiger partial charge in [-0.2, -0.15) is 6.20 Å². The monoisotopic (exact) mass is 185 g/mol. The van der Waals surface area contributed by atoms with Crippen molar-refractivity contribution in [3.05, 3.63) is 36.0 Å². The van der Waals surface area contributed by atoms with E-state index in [4.69, 9.17) is 0 Å². The van der Waals surface area contributed by atoms with Crippen LogP contribution in [0.1, 0.15) is 11.8 Å². The average Bonchev–Trinajstić information content (AvgIpc) is 2.50. The molecule has 12 heavy (non-hydrogen) atoms. The summed E-state index contributed by atoms with van der Waals surface area (Å²) in [7, 11) is 0. The Morgan fingerprint density at radius 3 is 2.92 bits per heavy atom. The first-order valence-electron chi connectivity index (χ1n) is 3.37. The maximum absolute atomic E-state index is 10.5. The maximum Gasteiger partial charge on any atom is 1.00 e. The fourth-order valence-corrected chi connectivity index (χ4v) is 1.16. The summed E-state index contributed by atoms with van der Waals surface area (Å²) < 4.78 is 0. The molecule has 0 aliphatic heterocycles. The zero-order valence-electron chi connectivity index (χ0n) is 7.82. The van der Waals surface area contributed by atoms with E-state index < -0.39 is 0 Å². The Morgan fingerprint density at radius 1 is 1.33 bits per heavy atom. The van der Waals surface area contributed by atoms with Crippen molar-refractivity contribution < 1.29 is 57.6 Å². The van der Waals surface area contributed by atoms with Gasteiger partial charge in [0.15, 0.2) is 6.29 Å². The van der Waals surface area contributed by atoms with Gasteiger partial charge in [-0.25, -0.2) is 0 Å². The summed E-state index contributed by atoms with van der Waals surface area (Å²) >= 11 is 0. The number of aromatic nitrogens is 1. The van der Waals surface area contributed by atoms with Gasteiger partial charge in [-0.1, -0.05) is 24.3 Å². The molecule has 0 N–H and O–H groups in total. The molecule has 1 heterocycles. The van der Waals surface area contributed by atoms with E-state index in [9.17, 15) is 4.79 Å². The number of rotatable bonds is 1. The molecule has 2 nitrogen and oxygen atoms in total. The number of carbonyl (C=O) groups excluding carboxylic acids is 1. The fourth-order valence-electron chi connectivity index (χ4n) is 1.16. The van der Waals surface area contributed by atoms with Crippen molar-refractivity contribution in [2.45, 2.75) is 0 Å². The van der Waals surface area contributed by atoms with E-state index in [1.54, 1.807) is 12.3 Å². The Bertz CT molecular complexity index is 399. The van der Waals surface area contributed by atoms with Gasteiger partial charge >= 0.3 is 51.4 Å². The Labute approximate surface area is 114 Å². The van der Waals surface area contributed by atoms with E-state index in [-0.39, 0.29) is 52.8 Å². The normalized spacial score (nSPS) is 9.33. The van der Waals surface area contributed by atoms with E-state index >= 15 is 0 Å². The number of carbonyl (C=O) groups is 1. The topological polar surface area (TPSA) is 31.2 Å². The second kappa shape index (κ2) is 4.34. The number of hydrogen-bond donors (Lipinski definition) is 0. The molecular formula is C9H7KNO-. The molecule has 1 aromatic heterocycles. The summed E-state index contributed by atoms with van der Waals surface area (Å²) in [5.74, 6) is 0. The van der Waals surface area contributed by atoms with Crippen LogP contribution in [0, 0.1) is 0 Å². The zero-order valence-corrected chi connectivity index (χ0v) is 9.94. The minimum atomic E-state index is 0. The van der Waals surface area contributed by atoms with E-state index in [0.717, 1.165) is 17.2 Å². The third kappa shape index (κ3) is 1.70. The molecule has 1 aromatic carbocycles. The van der Waals surface area contributed by atoms with E-state index in [1.165, 1.54) is 0 Å².